The Balaban J connectivity index is 1.27. The number of aromatic nitrogens is 2. The van der Waals surface area contributed by atoms with Crippen molar-refractivity contribution in [3.63, 3.8) is 0 Å². The van der Waals surface area contributed by atoms with Crippen molar-refractivity contribution in [2.45, 2.75) is 37.8 Å². The van der Waals surface area contributed by atoms with Crippen LogP contribution >= 0.6 is 0 Å². The third-order valence-electron chi connectivity index (χ3n) is 7.06. The van der Waals surface area contributed by atoms with Crippen molar-refractivity contribution < 1.29 is 18.7 Å². The van der Waals surface area contributed by atoms with Gasteiger partial charge in [0.15, 0.2) is 0 Å². The molecule has 1 aromatic carbocycles. The standard InChI is InChI=1S/C21H24F2N4O2/c22-17(23)11-25-20(29)26-7-5-21(6-8-26)9-15(19(21)28)18-14-4-2-1-3-13(14)16-10-24-12-27(16)18/h1-4,10,12,15,17-19,28H,5-9,11H2,(H,25,29)/t15?,18-,19?/m1/s1. The molecule has 3 atom stereocenters. The summed E-state index contributed by atoms with van der Waals surface area (Å²) in [6, 6.07) is 7.91. The number of fused-ring (bicyclic) bond motifs is 3. The number of benzene rings is 1. The van der Waals surface area contributed by atoms with Gasteiger partial charge in [-0.1, -0.05) is 24.3 Å². The van der Waals surface area contributed by atoms with Crippen LogP contribution in [-0.4, -0.2) is 57.8 Å². The molecule has 29 heavy (non-hydrogen) atoms. The van der Waals surface area contributed by atoms with Gasteiger partial charge in [0.05, 0.1) is 36.9 Å². The van der Waals surface area contributed by atoms with E-state index >= 15 is 0 Å². The average Bonchev–Trinajstić information content (AvgIpc) is 3.32. The van der Waals surface area contributed by atoms with Gasteiger partial charge < -0.3 is 19.9 Å². The first kappa shape index (κ1) is 18.5. The number of imidazole rings is 1. The number of piperidine rings is 1. The van der Waals surface area contributed by atoms with Crippen molar-refractivity contribution in [3.8, 4) is 11.3 Å². The first-order valence-electron chi connectivity index (χ1n) is 10.1. The lowest BCUT2D eigenvalue weighted by Gasteiger charge is -2.57. The van der Waals surface area contributed by atoms with Crippen molar-refractivity contribution in [2.24, 2.45) is 11.3 Å². The zero-order valence-electron chi connectivity index (χ0n) is 16.0. The molecule has 1 aliphatic carbocycles. The van der Waals surface area contributed by atoms with Crippen LogP contribution in [0.25, 0.3) is 11.3 Å². The van der Waals surface area contributed by atoms with Gasteiger partial charge in [-0.05, 0) is 24.8 Å². The van der Waals surface area contributed by atoms with Crippen LogP contribution in [0.15, 0.2) is 36.8 Å². The second kappa shape index (κ2) is 6.79. The molecule has 6 nitrogen and oxygen atoms in total. The van der Waals surface area contributed by atoms with E-state index in [1.807, 2.05) is 24.7 Å². The third kappa shape index (κ3) is 2.84. The number of rotatable bonds is 3. The molecule has 0 bridgehead atoms. The smallest absolute Gasteiger partial charge is 0.317 e. The summed E-state index contributed by atoms with van der Waals surface area (Å²) >= 11 is 0. The Morgan fingerprint density at radius 3 is 2.79 bits per heavy atom. The summed E-state index contributed by atoms with van der Waals surface area (Å²) in [4.78, 5) is 17.9. The van der Waals surface area contributed by atoms with Crippen LogP contribution < -0.4 is 5.32 Å². The first-order chi connectivity index (χ1) is 14.0. The van der Waals surface area contributed by atoms with Gasteiger partial charge >= 0.3 is 6.03 Å². The van der Waals surface area contributed by atoms with E-state index in [4.69, 9.17) is 0 Å². The second-order valence-electron chi connectivity index (χ2n) is 8.46. The van der Waals surface area contributed by atoms with E-state index in [0.717, 1.165) is 12.1 Å². The minimum Gasteiger partial charge on any atom is -0.392 e. The number of aliphatic hydroxyl groups is 1. The Kier molecular flexibility index (Phi) is 4.34. The molecule has 2 unspecified atom stereocenters. The molecule has 2 N–H and O–H groups in total. The highest BCUT2D eigenvalue weighted by molar-refractivity contribution is 5.74. The van der Waals surface area contributed by atoms with Crippen LogP contribution in [0, 0.1) is 11.3 Å². The Morgan fingerprint density at radius 1 is 1.31 bits per heavy atom. The summed E-state index contributed by atoms with van der Waals surface area (Å²) in [5, 5.41) is 13.4. The molecule has 2 amide bonds. The van der Waals surface area contributed by atoms with Gasteiger partial charge in [0.1, 0.15) is 0 Å². The number of nitrogens with zero attached hydrogens (tertiary/aromatic N) is 3. The fourth-order valence-corrected chi connectivity index (χ4v) is 5.52. The number of urea groups is 1. The molecule has 5 rings (SSSR count). The molecule has 1 saturated heterocycles. The van der Waals surface area contributed by atoms with Crippen molar-refractivity contribution in [3.05, 3.63) is 42.4 Å². The van der Waals surface area contributed by atoms with E-state index in [9.17, 15) is 18.7 Å². The normalized spacial score (nSPS) is 26.9. The topological polar surface area (TPSA) is 70.4 Å². The van der Waals surface area contributed by atoms with Crippen molar-refractivity contribution >= 4 is 6.03 Å². The summed E-state index contributed by atoms with van der Waals surface area (Å²) in [6.45, 7) is 0.340. The molecular weight excluding hydrogens is 378 g/mol. The molecule has 0 radical (unpaired) electrons. The van der Waals surface area contributed by atoms with E-state index in [2.05, 4.69) is 27.0 Å². The molecule has 1 spiro atoms. The molecule has 1 aromatic heterocycles. The van der Waals surface area contributed by atoms with E-state index in [-0.39, 0.29) is 17.4 Å². The van der Waals surface area contributed by atoms with Crippen LogP contribution in [0.2, 0.25) is 0 Å². The molecular formula is C21H24F2N4O2. The van der Waals surface area contributed by atoms with Gasteiger partial charge in [-0.25, -0.2) is 18.6 Å². The Morgan fingerprint density at radius 2 is 2.07 bits per heavy atom. The highest BCUT2D eigenvalue weighted by Gasteiger charge is 2.58. The minimum atomic E-state index is -2.55. The predicted octanol–water partition coefficient (Wildman–Crippen LogP) is 2.89. The maximum absolute atomic E-state index is 12.3. The SMILES string of the molecule is O=C(NCC(F)F)N1CCC2(CC1)CC([C@H]1c3ccccc3-c3cncn31)C2O. The quantitative estimate of drug-likeness (QED) is 0.830. The Bertz CT molecular complexity index is 923. The van der Waals surface area contributed by atoms with E-state index in [0.29, 0.717) is 25.9 Å². The maximum Gasteiger partial charge on any atom is 0.317 e. The molecule has 3 heterocycles. The maximum atomic E-state index is 12.3. The largest absolute Gasteiger partial charge is 0.392 e. The summed E-state index contributed by atoms with van der Waals surface area (Å²) in [7, 11) is 0. The zero-order valence-corrected chi connectivity index (χ0v) is 16.0. The number of amides is 2. The number of likely N-dealkylation sites (tertiary alicyclic amines) is 1. The predicted molar refractivity (Wildman–Crippen MR) is 103 cm³/mol. The molecule has 154 valence electrons. The number of hydrogen-bond acceptors (Lipinski definition) is 3. The highest BCUT2D eigenvalue weighted by atomic mass is 19.3. The summed E-state index contributed by atoms with van der Waals surface area (Å²) < 4.78 is 26.8. The van der Waals surface area contributed by atoms with E-state index < -0.39 is 25.1 Å². The monoisotopic (exact) mass is 402 g/mol. The zero-order chi connectivity index (χ0) is 20.2. The fraction of sp³-hybridized carbons (Fsp3) is 0.524. The average molecular weight is 402 g/mol. The number of alkyl halides is 2. The molecule has 2 aliphatic heterocycles. The van der Waals surface area contributed by atoms with Gasteiger partial charge in [-0.3, -0.25) is 0 Å². The van der Waals surface area contributed by atoms with Crippen molar-refractivity contribution in [1.82, 2.24) is 19.8 Å². The van der Waals surface area contributed by atoms with Crippen LogP contribution in [-0.2, 0) is 0 Å². The first-order valence-corrected chi connectivity index (χ1v) is 10.1. The molecule has 3 aliphatic rings. The Hall–Kier alpha value is -2.48. The van der Waals surface area contributed by atoms with Gasteiger partial charge in [0, 0.05) is 30.0 Å². The minimum absolute atomic E-state index is 0.0803. The number of nitrogens with one attached hydrogen (secondary N) is 1. The van der Waals surface area contributed by atoms with Gasteiger partial charge in [-0.15, -0.1) is 0 Å². The number of carbonyl (C=O) groups excluding carboxylic acids is 1. The van der Waals surface area contributed by atoms with Crippen molar-refractivity contribution in [1.29, 1.82) is 0 Å². The van der Waals surface area contributed by atoms with Gasteiger partial charge in [0.2, 0.25) is 0 Å². The number of carbonyl (C=O) groups is 1. The van der Waals surface area contributed by atoms with Crippen LogP contribution in [0.5, 0.6) is 0 Å². The van der Waals surface area contributed by atoms with E-state index in [1.54, 1.807) is 4.90 Å². The molecule has 2 aromatic rings. The number of aliphatic hydroxyl groups excluding tert-OH is 1. The molecule has 8 heteroatoms. The second-order valence-corrected chi connectivity index (χ2v) is 8.46. The third-order valence-corrected chi connectivity index (χ3v) is 7.06. The van der Waals surface area contributed by atoms with Crippen LogP contribution in [0.4, 0.5) is 13.6 Å². The van der Waals surface area contributed by atoms with Gasteiger partial charge in [-0.2, -0.15) is 0 Å². The Labute approximate surface area is 167 Å². The van der Waals surface area contributed by atoms with E-state index in [1.165, 1.54) is 11.1 Å². The van der Waals surface area contributed by atoms with Gasteiger partial charge in [0.25, 0.3) is 6.43 Å². The molecule has 1 saturated carbocycles. The lowest BCUT2D eigenvalue weighted by atomic mass is 9.53. The van der Waals surface area contributed by atoms with Crippen LogP contribution in [0.1, 0.15) is 30.9 Å². The number of halogens is 2. The lowest BCUT2D eigenvalue weighted by molar-refractivity contribution is -0.154. The molecule has 2 fully saturated rings. The fourth-order valence-electron chi connectivity index (χ4n) is 5.52. The summed E-state index contributed by atoms with van der Waals surface area (Å²) in [6.07, 6.45) is 2.98. The summed E-state index contributed by atoms with van der Waals surface area (Å²) in [5.74, 6) is 0.103. The lowest BCUT2D eigenvalue weighted by Crippen LogP contribution is -2.60. The van der Waals surface area contributed by atoms with Crippen LogP contribution in [0.3, 0.4) is 0 Å². The number of hydrogen-bond donors (Lipinski definition) is 2. The van der Waals surface area contributed by atoms with Crippen molar-refractivity contribution in [2.75, 3.05) is 19.6 Å². The summed E-state index contributed by atoms with van der Waals surface area (Å²) in [5.41, 5.74) is 3.30. The highest BCUT2D eigenvalue weighted by Crippen LogP contribution is 2.59.